The average molecular weight is 327 g/mol. The monoisotopic (exact) mass is 327 g/mol. The molecule has 0 fully saturated rings. The summed E-state index contributed by atoms with van der Waals surface area (Å²) in [7, 11) is 1.59. The maximum Gasteiger partial charge on any atom is 0.222 e. The predicted octanol–water partition coefficient (Wildman–Crippen LogP) is 1.97. The number of amides is 2. The van der Waals surface area contributed by atoms with Crippen molar-refractivity contribution in [1.29, 1.82) is 0 Å². The molecule has 24 heavy (non-hydrogen) atoms. The summed E-state index contributed by atoms with van der Waals surface area (Å²) in [5.41, 5.74) is 1.77. The van der Waals surface area contributed by atoms with E-state index < -0.39 is 0 Å². The molecule has 1 heterocycles. The average Bonchev–Trinajstić information content (AvgIpc) is 2.60. The lowest BCUT2D eigenvalue weighted by Crippen LogP contribution is -2.32. The summed E-state index contributed by atoms with van der Waals surface area (Å²) < 4.78 is 5.13. The zero-order valence-corrected chi connectivity index (χ0v) is 13.8. The summed E-state index contributed by atoms with van der Waals surface area (Å²) in [6.45, 7) is 1.84. The van der Waals surface area contributed by atoms with Crippen LogP contribution in [0.4, 0.5) is 0 Å². The van der Waals surface area contributed by atoms with Gasteiger partial charge in [-0.1, -0.05) is 18.2 Å². The van der Waals surface area contributed by atoms with Gasteiger partial charge in [-0.25, -0.2) is 0 Å². The number of pyridine rings is 1. The fraction of sp³-hybridized carbons (Fsp3) is 0.278. The molecule has 1 aromatic heterocycles. The molecule has 2 aromatic rings. The molecule has 1 unspecified atom stereocenters. The van der Waals surface area contributed by atoms with Crippen LogP contribution < -0.4 is 15.4 Å². The summed E-state index contributed by atoms with van der Waals surface area (Å²) in [5, 5.41) is 5.65. The van der Waals surface area contributed by atoms with Crippen LogP contribution >= 0.6 is 0 Å². The Hall–Kier alpha value is -2.89. The first-order valence-corrected chi connectivity index (χ1v) is 7.65. The van der Waals surface area contributed by atoms with Crippen LogP contribution in [0.3, 0.4) is 0 Å². The van der Waals surface area contributed by atoms with Gasteiger partial charge in [-0.05, 0) is 29.3 Å². The lowest BCUT2D eigenvalue weighted by molar-refractivity contribution is -0.122. The third-order valence-corrected chi connectivity index (χ3v) is 3.50. The van der Waals surface area contributed by atoms with E-state index in [1.807, 2.05) is 24.3 Å². The second-order valence-electron chi connectivity index (χ2n) is 5.37. The number of hydrogen-bond donors (Lipinski definition) is 2. The molecule has 1 aromatic carbocycles. The third-order valence-electron chi connectivity index (χ3n) is 3.50. The number of aromatic nitrogens is 1. The molecule has 0 aliphatic rings. The van der Waals surface area contributed by atoms with Crippen LogP contribution in [0.15, 0.2) is 48.8 Å². The molecule has 0 bridgehead atoms. The number of rotatable bonds is 7. The minimum Gasteiger partial charge on any atom is -0.497 e. The largest absolute Gasteiger partial charge is 0.497 e. The Morgan fingerprint density at radius 2 is 1.96 bits per heavy atom. The SMILES string of the molecule is COc1ccc(C(CC(=O)NCc2cccnc2)NC(C)=O)cc1. The molecule has 2 amide bonds. The van der Waals surface area contributed by atoms with Crippen LogP contribution in [0.1, 0.15) is 30.5 Å². The lowest BCUT2D eigenvalue weighted by Gasteiger charge is -2.18. The van der Waals surface area contributed by atoms with Crippen LogP contribution in [-0.2, 0) is 16.1 Å². The Balaban J connectivity index is 1.99. The van der Waals surface area contributed by atoms with Crippen LogP contribution in [0, 0.1) is 0 Å². The van der Waals surface area contributed by atoms with Crippen molar-refractivity contribution in [1.82, 2.24) is 15.6 Å². The van der Waals surface area contributed by atoms with Crippen LogP contribution in [-0.4, -0.2) is 23.9 Å². The van der Waals surface area contributed by atoms with Crippen molar-refractivity contribution >= 4 is 11.8 Å². The highest BCUT2D eigenvalue weighted by molar-refractivity contribution is 5.79. The number of ether oxygens (including phenoxy) is 1. The number of benzene rings is 1. The van der Waals surface area contributed by atoms with Gasteiger partial charge in [0.15, 0.2) is 0 Å². The van der Waals surface area contributed by atoms with E-state index >= 15 is 0 Å². The second-order valence-corrected chi connectivity index (χ2v) is 5.37. The summed E-state index contributed by atoms with van der Waals surface area (Å²) in [4.78, 5) is 27.6. The minimum atomic E-state index is -0.387. The summed E-state index contributed by atoms with van der Waals surface area (Å²) in [6, 6.07) is 10.6. The van der Waals surface area contributed by atoms with Gasteiger partial charge in [0.2, 0.25) is 11.8 Å². The zero-order chi connectivity index (χ0) is 17.4. The molecule has 0 spiro atoms. The number of methoxy groups -OCH3 is 1. The fourth-order valence-electron chi connectivity index (χ4n) is 2.29. The van der Waals surface area contributed by atoms with Gasteiger partial charge in [0.1, 0.15) is 5.75 Å². The molecule has 6 nitrogen and oxygen atoms in total. The molecule has 126 valence electrons. The van der Waals surface area contributed by atoms with Crippen molar-refractivity contribution in [3.05, 3.63) is 59.9 Å². The van der Waals surface area contributed by atoms with Crippen LogP contribution in [0.2, 0.25) is 0 Å². The normalized spacial score (nSPS) is 11.4. The van der Waals surface area contributed by atoms with E-state index in [-0.39, 0.29) is 24.3 Å². The van der Waals surface area contributed by atoms with Crippen molar-refractivity contribution in [3.63, 3.8) is 0 Å². The standard InChI is InChI=1S/C18H21N3O3/c1-13(22)21-17(15-5-7-16(24-2)8-6-15)10-18(23)20-12-14-4-3-9-19-11-14/h3-9,11,17H,10,12H2,1-2H3,(H,20,23)(H,21,22). The Labute approximate surface area is 141 Å². The molecule has 0 saturated carbocycles. The van der Waals surface area contributed by atoms with Crippen molar-refractivity contribution in [3.8, 4) is 5.75 Å². The molecule has 0 radical (unpaired) electrons. The maximum absolute atomic E-state index is 12.2. The molecule has 2 N–H and O–H groups in total. The van der Waals surface area contributed by atoms with E-state index in [1.165, 1.54) is 6.92 Å². The molecular formula is C18H21N3O3. The first-order valence-electron chi connectivity index (χ1n) is 7.65. The summed E-state index contributed by atoms with van der Waals surface area (Å²) in [6.07, 6.45) is 3.54. The molecule has 2 rings (SSSR count). The fourth-order valence-corrected chi connectivity index (χ4v) is 2.29. The summed E-state index contributed by atoms with van der Waals surface area (Å²) >= 11 is 0. The van der Waals surface area contributed by atoms with Crippen molar-refractivity contribution in [2.45, 2.75) is 25.9 Å². The van der Waals surface area contributed by atoms with E-state index in [1.54, 1.807) is 31.6 Å². The Morgan fingerprint density at radius 3 is 2.54 bits per heavy atom. The van der Waals surface area contributed by atoms with Crippen molar-refractivity contribution < 1.29 is 14.3 Å². The van der Waals surface area contributed by atoms with E-state index in [0.717, 1.165) is 16.9 Å². The highest BCUT2D eigenvalue weighted by Gasteiger charge is 2.17. The van der Waals surface area contributed by atoms with Crippen LogP contribution in [0.5, 0.6) is 5.75 Å². The van der Waals surface area contributed by atoms with E-state index in [2.05, 4.69) is 15.6 Å². The van der Waals surface area contributed by atoms with Crippen LogP contribution in [0.25, 0.3) is 0 Å². The number of carbonyl (C=O) groups is 2. The van der Waals surface area contributed by atoms with Gasteiger partial charge < -0.3 is 15.4 Å². The van der Waals surface area contributed by atoms with Gasteiger partial charge >= 0.3 is 0 Å². The van der Waals surface area contributed by atoms with E-state index in [9.17, 15) is 9.59 Å². The molecular weight excluding hydrogens is 306 g/mol. The highest BCUT2D eigenvalue weighted by Crippen LogP contribution is 2.20. The topological polar surface area (TPSA) is 80.3 Å². The van der Waals surface area contributed by atoms with Gasteiger partial charge in [-0.15, -0.1) is 0 Å². The number of nitrogens with zero attached hydrogens (tertiary/aromatic N) is 1. The highest BCUT2D eigenvalue weighted by atomic mass is 16.5. The molecule has 0 saturated heterocycles. The Kier molecular flexibility index (Phi) is 6.31. The number of hydrogen-bond acceptors (Lipinski definition) is 4. The first-order chi connectivity index (χ1) is 11.6. The third kappa shape index (κ3) is 5.39. The minimum absolute atomic E-state index is 0.145. The number of carbonyl (C=O) groups excluding carboxylic acids is 2. The molecule has 6 heteroatoms. The van der Waals surface area contributed by atoms with Crippen molar-refractivity contribution in [2.75, 3.05) is 7.11 Å². The first kappa shape index (κ1) is 17.5. The Morgan fingerprint density at radius 1 is 1.21 bits per heavy atom. The van der Waals surface area contributed by atoms with Gasteiger partial charge in [0.25, 0.3) is 0 Å². The second kappa shape index (κ2) is 8.67. The zero-order valence-electron chi connectivity index (χ0n) is 13.8. The summed E-state index contributed by atoms with van der Waals surface area (Å²) in [5.74, 6) is 0.394. The molecule has 0 aliphatic carbocycles. The maximum atomic E-state index is 12.2. The van der Waals surface area contributed by atoms with Gasteiger partial charge in [-0.3, -0.25) is 14.6 Å². The Bertz CT molecular complexity index is 672. The van der Waals surface area contributed by atoms with Gasteiger partial charge in [0.05, 0.1) is 19.6 Å². The smallest absolute Gasteiger partial charge is 0.222 e. The lowest BCUT2D eigenvalue weighted by atomic mass is 10.0. The van der Waals surface area contributed by atoms with E-state index in [4.69, 9.17) is 4.74 Å². The number of nitrogens with one attached hydrogen (secondary N) is 2. The molecule has 1 atom stereocenters. The van der Waals surface area contributed by atoms with E-state index in [0.29, 0.717) is 6.54 Å². The van der Waals surface area contributed by atoms with Crippen molar-refractivity contribution in [2.24, 2.45) is 0 Å². The van der Waals surface area contributed by atoms with Gasteiger partial charge in [0, 0.05) is 25.9 Å². The quantitative estimate of drug-likeness (QED) is 0.815. The van der Waals surface area contributed by atoms with Gasteiger partial charge in [-0.2, -0.15) is 0 Å². The predicted molar refractivity (Wildman–Crippen MR) is 90.3 cm³/mol. The molecule has 0 aliphatic heterocycles.